The van der Waals surface area contributed by atoms with Crippen LogP contribution >= 0.6 is 0 Å². The number of benzene rings is 1. The molecule has 2 aromatic rings. The lowest BCUT2D eigenvalue weighted by atomic mass is 9.97. The lowest BCUT2D eigenvalue weighted by Crippen LogP contribution is -2.38. The number of aromatic nitrogens is 2. The average Bonchev–Trinajstić information content (AvgIpc) is 2.75. The molecule has 2 heterocycles. The van der Waals surface area contributed by atoms with Gasteiger partial charge in [0.05, 0.1) is 12.2 Å². The number of carbonyl (C=O) groups is 1. The first-order valence-corrected chi connectivity index (χ1v) is 10.3. The Labute approximate surface area is 177 Å². The van der Waals surface area contributed by atoms with Crippen molar-refractivity contribution in [3.8, 4) is 0 Å². The van der Waals surface area contributed by atoms with Gasteiger partial charge in [0.15, 0.2) is 0 Å². The van der Waals surface area contributed by atoms with Gasteiger partial charge in [-0.3, -0.25) is 9.69 Å². The lowest BCUT2D eigenvalue weighted by molar-refractivity contribution is -0.135. The van der Waals surface area contributed by atoms with Gasteiger partial charge in [0.1, 0.15) is 23.5 Å². The Hall–Kier alpha value is -2.58. The van der Waals surface area contributed by atoms with Crippen LogP contribution < -0.4 is 10.6 Å². The van der Waals surface area contributed by atoms with E-state index in [0.29, 0.717) is 12.5 Å². The molecule has 1 amide bonds. The molecule has 162 valence electrons. The Kier molecular flexibility index (Phi) is 7.33. The molecule has 30 heavy (non-hydrogen) atoms. The predicted octanol–water partition coefficient (Wildman–Crippen LogP) is 2.39. The predicted molar refractivity (Wildman–Crippen MR) is 116 cm³/mol. The Morgan fingerprint density at radius 2 is 1.87 bits per heavy atom. The molecule has 0 unspecified atom stereocenters. The molecule has 1 saturated heterocycles. The zero-order chi connectivity index (χ0) is 21.7. The van der Waals surface area contributed by atoms with E-state index in [1.165, 1.54) is 12.1 Å². The highest BCUT2D eigenvalue weighted by molar-refractivity contribution is 5.83. The van der Waals surface area contributed by atoms with Crippen LogP contribution in [0.4, 0.5) is 10.2 Å². The molecule has 8 heteroatoms. The summed E-state index contributed by atoms with van der Waals surface area (Å²) in [5, 5.41) is 6.47. The highest BCUT2D eigenvalue weighted by Gasteiger charge is 2.27. The summed E-state index contributed by atoms with van der Waals surface area (Å²) in [7, 11) is 7.30. The van der Waals surface area contributed by atoms with Gasteiger partial charge in [-0.2, -0.15) is 0 Å². The van der Waals surface area contributed by atoms with Crippen molar-refractivity contribution >= 4 is 11.7 Å². The van der Waals surface area contributed by atoms with Crippen LogP contribution in [-0.4, -0.2) is 67.0 Å². The summed E-state index contributed by atoms with van der Waals surface area (Å²) in [4.78, 5) is 26.2. The topological polar surface area (TPSA) is 73.4 Å². The van der Waals surface area contributed by atoms with Crippen molar-refractivity contribution in [2.24, 2.45) is 0 Å². The molecule has 0 saturated carbocycles. The summed E-state index contributed by atoms with van der Waals surface area (Å²) in [5.41, 5.74) is 1.56. The smallest absolute Gasteiger partial charge is 0.244 e. The van der Waals surface area contributed by atoms with Crippen LogP contribution in [0.5, 0.6) is 0 Å². The molecule has 0 spiro atoms. The monoisotopic (exact) mass is 414 g/mol. The molecule has 1 aliphatic rings. The number of nitrogens with one attached hydrogen (secondary N) is 2. The van der Waals surface area contributed by atoms with E-state index in [1.807, 2.05) is 32.1 Å². The fraction of sp³-hybridized carbons (Fsp3) is 0.500. The number of carbonyl (C=O) groups excluding carboxylic acids is 1. The molecule has 0 bridgehead atoms. The van der Waals surface area contributed by atoms with Crippen LogP contribution in [0.15, 0.2) is 30.3 Å². The van der Waals surface area contributed by atoms with Crippen molar-refractivity contribution in [2.75, 3.05) is 46.6 Å². The second-order valence-corrected chi connectivity index (χ2v) is 7.99. The summed E-state index contributed by atoms with van der Waals surface area (Å²) in [6.07, 6.45) is 2.02. The maximum absolute atomic E-state index is 13.3. The van der Waals surface area contributed by atoms with Crippen LogP contribution in [0.1, 0.15) is 41.9 Å². The van der Waals surface area contributed by atoms with Crippen molar-refractivity contribution in [1.82, 2.24) is 25.1 Å². The SMILES string of the molecule is CNc1cc(CN(C)C(=O)[C@H](c2ccc(F)cc2)N(C)C)nc(C2CCNCC2)n1. The van der Waals surface area contributed by atoms with Gasteiger partial charge in [-0.05, 0) is 57.7 Å². The minimum Gasteiger partial charge on any atom is -0.373 e. The van der Waals surface area contributed by atoms with Crippen molar-refractivity contribution in [3.05, 3.63) is 53.2 Å². The normalized spacial score (nSPS) is 15.8. The van der Waals surface area contributed by atoms with E-state index < -0.39 is 6.04 Å². The van der Waals surface area contributed by atoms with Gasteiger partial charge >= 0.3 is 0 Å². The van der Waals surface area contributed by atoms with Crippen molar-refractivity contribution < 1.29 is 9.18 Å². The third-order valence-corrected chi connectivity index (χ3v) is 5.47. The number of halogens is 1. The third kappa shape index (κ3) is 5.31. The first kappa shape index (κ1) is 22.1. The number of rotatable bonds is 7. The zero-order valence-corrected chi connectivity index (χ0v) is 18.2. The number of likely N-dealkylation sites (N-methyl/N-ethyl adjacent to an activating group) is 2. The number of nitrogens with zero attached hydrogens (tertiary/aromatic N) is 4. The van der Waals surface area contributed by atoms with E-state index >= 15 is 0 Å². The molecule has 7 nitrogen and oxygen atoms in total. The minimum atomic E-state index is -0.495. The summed E-state index contributed by atoms with van der Waals surface area (Å²) >= 11 is 0. The van der Waals surface area contributed by atoms with E-state index in [2.05, 4.69) is 15.6 Å². The minimum absolute atomic E-state index is 0.0698. The highest BCUT2D eigenvalue weighted by atomic mass is 19.1. The number of hydrogen-bond acceptors (Lipinski definition) is 6. The Balaban J connectivity index is 1.80. The van der Waals surface area contributed by atoms with E-state index in [-0.39, 0.29) is 11.7 Å². The van der Waals surface area contributed by atoms with Crippen LogP contribution in [0, 0.1) is 5.82 Å². The maximum atomic E-state index is 13.3. The Morgan fingerprint density at radius 3 is 2.47 bits per heavy atom. The Bertz CT molecular complexity index is 851. The van der Waals surface area contributed by atoms with Gasteiger partial charge in [-0.15, -0.1) is 0 Å². The van der Waals surface area contributed by atoms with E-state index in [0.717, 1.165) is 48.8 Å². The third-order valence-electron chi connectivity index (χ3n) is 5.47. The first-order chi connectivity index (χ1) is 14.4. The van der Waals surface area contributed by atoms with Crippen LogP contribution in [0.25, 0.3) is 0 Å². The molecule has 1 fully saturated rings. The van der Waals surface area contributed by atoms with E-state index in [9.17, 15) is 9.18 Å². The van der Waals surface area contributed by atoms with Crippen LogP contribution in [-0.2, 0) is 11.3 Å². The molecule has 2 N–H and O–H groups in total. The average molecular weight is 415 g/mol. The standard InChI is InChI=1S/C22H31FN6O/c1-24-19-13-18(26-21(27-19)16-9-11-25-12-10-16)14-29(4)22(30)20(28(2)3)15-5-7-17(23)8-6-15/h5-8,13,16,20,25H,9-12,14H2,1-4H3,(H,24,26,27)/t20-/m0/s1. The molecule has 1 aliphatic heterocycles. The number of anilines is 1. The van der Waals surface area contributed by atoms with Gasteiger partial charge in [-0.25, -0.2) is 14.4 Å². The fourth-order valence-corrected chi connectivity index (χ4v) is 3.83. The molecular weight excluding hydrogens is 383 g/mol. The molecule has 1 aromatic heterocycles. The fourth-order valence-electron chi connectivity index (χ4n) is 3.83. The summed E-state index contributed by atoms with van der Waals surface area (Å²) in [5.74, 6) is 1.54. The summed E-state index contributed by atoms with van der Waals surface area (Å²) in [6.45, 7) is 2.31. The van der Waals surface area contributed by atoms with Gasteiger partial charge < -0.3 is 15.5 Å². The van der Waals surface area contributed by atoms with Crippen LogP contribution in [0.3, 0.4) is 0 Å². The number of piperidine rings is 1. The summed E-state index contributed by atoms with van der Waals surface area (Å²) < 4.78 is 13.3. The van der Waals surface area contributed by atoms with E-state index in [1.54, 1.807) is 24.1 Å². The molecular formula is C22H31FN6O. The second kappa shape index (κ2) is 9.95. The van der Waals surface area contributed by atoms with Crippen molar-refractivity contribution in [3.63, 3.8) is 0 Å². The zero-order valence-electron chi connectivity index (χ0n) is 18.2. The molecule has 0 radical (unpaired) electrons. The lowest BCUT2D eigenvalue weighted by Gasteiger charge is -2.29. The number of hydrogen-bond donors (Lipinski definition) is 2. The van der Waals surface area contributed by atoms with Gasteiger partial charge in [0.25, 0.3) is 0 Å². The van der Waals surface area contributed by atoms with E-state index in [4.69, 9.17) is 4.98 Å². The first-order valence-electron chi connectivity index (χ1n) is 10.3. The number of amides is 1. The molecule has 1 aromatic carbocycles. The quantitative estimate of drug-likeness (QED) is 0.725. The van der Waals surface area contributed by atoms with Gasteiger partial charge in [0.2, 0.25) is 5.91 Å². The van der Waals surface area contributed by atoms with Crippen LogP contribution in [0.2, 0.25) is 0 Å². The highest BCUT2D eigenvalue weighted by Crippen LogP contribution is 2.25. The van der Waals surface area contributed by atoms with Crippen molar-refractivity contribution in [1.29, 1.82) is 0 Å². The molecule has 3 rings (SSSR count). The molecule has 0 aliphatic carbocycles. The van der Waals surface area contributed by atoms with Crippen molar-refractivity contribution in [2.45, 2.75) is 31.3 Å². The van der Waals surface area contributed by atoms with Gasteiger partial charge in [-0.1, -0.05) is 12.1 Å². The largest absolute Gasteiger partial charge is 0.373 e. The second-order valence-electron chi connectivity index (χ2n) is 7.99. The Morgan fingerprint density at radius 1 is 1.20 bits per heavy atom. The maximum Gasteiger partial charge on any atom is 0.244 e. The molecule has 1 atom stereocenters. The summed E-state index contributed by atoms with van der Waals surface area (Å²) in [6, 6.07) is 7.47. The van der Waals surface area contributed by atoms with Gasteiger partial charge in [0, 0.05) is 26.1 Å².